The summed E-state index contributed by atoms with van der Waals surface area (Å²) in [5.41, 5.74) is 0.0668. The standard InChI is InChI=1S/C13H16N2O4/c1-2-13(5-6-13)8-14-12(17)9-3-4-10(15(18)19)11(16)7-9/h3-4,7,16H,2,5-6,8H2,1H3,(H,14,17). The topological polar surface area (TPSA) is 92.5 Å². The molecule has 1 saturated carbocycles. The van der Waals surface area contributed by atoms with Crippen molar-refractivity contribution in [3.63, 3.8) is 0 Å². The summed E-state index contributed by atoms with van der Waals surface area (Å²) < 4.78 is 0. The number of amides is 1. The molecule has 0 saturated heterocycles. The quantitative estimate of drug-likeness (QED) is 0.630. The van der Waals surface area contributed by atoms with Crippen molar-refractivity contribution in [1.82, 2.24) is 5.32 Å². The van der Waals surface area contributed by atoms with Gasteiger partial charge in [0.2, 0.25) is 0 Å². The molecule has 0 radical (unpaired) electrons. The molecule has 0 spiro atoms. The number of hydrogen-bond donors (Lipinski definition) is 2. The molecular formula is C13H16N2O4. The van der Waals surface area contributed by atoms with Gasteiger partial charge in [0.25, 0.3) is 5.91 Å². The molecule has 19 heavy (non-hydrogen) atoms. The van der Waals surface area contributed by atoms with Gasteiger partial charge in [-0.05, 0) is 36.8 Å². The van der Waals surface area contributed by atoms with E-state index >= 15 is 0 Å². The molecule has 1 fully saturated rings. The highest BCUT2D eigenvalue weighted by Gasteiger charge is 2.40. The van der Waals surface area contributed by atoms with Gasteiger partial charge in [0.05, 0.1) is 4.92 Å². The Morgan fingerprint density at radius 3 is 2.68 bits per heavy atom. The fraction of sp³-hybridized carbons (Fsp3) is 0.462. The maximum atomic E-state index is 11.9. The second-order valence-corrected chi connectivity index (χ2v) is 5.00. The third kappa shape index (κ3) is 2.83. The Kier molecular flexibility index (Phi) is 3.42. The zero-order chi connectivity index (χ0) is 14.0. The summed E-state index contributed by atoms with van der Waals surface area (Å²) in [6, 6.07) is 3.61. The van der Waals surface area contributed by atoms with Gasteiger partial charge in [0, 0.05) is 18.2 Å². The summed E-state index contributed by atoms with van der Waals surface area (Å²) in [5.74, 6) is -0.806. The van der Waals surface area contributed by atoms with Crippen molar-refractivity contribution in [2.45, 2.75) is 26.2 Å². The number of nitrogens with zero attached hydrogens (tertiary/aromatic N) is 1. The van der Waals surface area contributed by atoms with Crippen LogP contribution in [0.4, 0.5) is 5.69 Å². The summed E-state index contributed by atoms with van der Waals surface area (Å²) in [7, 11) is 0. The van der Waals surface area contributed by atoms with Crippen molar-refractivity contribution in [1.29, 1.82) is 0 Å². The van der Waals surface area contributed by atoms with Crippen LogP contribution in [0.2, 0.25) is 0 Å². The summed E-state index contributed by atoms with van der Waals surface area (Å²) in [5, 5.41) is 22.8. The van der Waals surface area contributed by atoms with Gasteiger partial charge < -0.3 is 10.4 Å². The Hall–Kier alpha value is -2.11. The van der Waals surface area contributed by atoms with E-state index in [0.29, 0.717) is 6.54 Å². The number of phenolic OH excluding ortho intramolecular Hbond substituents is 1. The molecule has 0 unspecified atom stereocenters. The number of phenols is 1. The van der Waals surface area contributed by atoms with E-state index in [1.165, 1.54) is 6.07 Å². The van der Waals surface area contributed by atoms with Gasteiger partial charge in [-0.3, -0.25) is 14.9 Å². The Balaban J connectivity index is 2.03. The molecule has 1 aromatic rings. The first-order valence-corrected chi connectivity index (χ1v) is 6.23. The molecule has 102 valence electrons. The Bertz CT molecular complexity index is 523. The van der Waals surface area contributed by atoms with Gasteiger partial charge in [0.15, 0.2) is 5.75 Å². The van der Waals surface area contributed by atoms with Crippen molar-refractivity contribution in [3.05, 3.63) is 33.9 Å². The lowest BCUT2D eigenvalue weighted by Gasteiger charge is -2.13. The molecule has 0 aliphatic heterocycles. The van der Waals surface area contributed by atoms with Gasteiger partial charge >= 0.3 is 5.69 Å². The first kappa shape index (κ1) is 13.3. The summed E-state index contributed by atoms with van der Waals surface area (Å²) in [6.07, 6.45) is 3.27. The largest absolute Gasteiger partial charge is 0.502 e. The highest BCUT2D eigenvalue weighted by atomic mass is 16.6. The van der Waals surface area contributed by atoms with Gasteiger partial charge in [-0.2, -0.15) is 0 Å². The number of nitro benzene ring substituents is 1. The zero-order valence-corrected chi connectivity index (χ0v) is 10.7. The van der Waals surface area contributed by atoms with Crippen LogP contribution in [0.3, 0.4) is 0 Å². The van der Waals surface area contributed by atoms with Crippen molar-refractivity contribution < 1.29 is 14.8 Å². The predicted octanol–water partition coefficient (Wildman–Crippen LogP) is 2.22. The van der Waals surface area contributed by atoms with E-state index in [9.17, 15) is 20.0 Å². The number of nitrogens with one attached hydrogen (secondary N) is 1. The minimum atomic E-state index is -0.687. The second kappa shape index (κ2) is 4.87. The Labute approximate surface area is 110 Å². The fourth-order valence-corrected chi connectivity index (χ4v) is 2.02. The van der Waals surface area contributed by atoms with E-state index in [2.05, 4.69) is 12.2 Å². The summed E-state index contributed by atoms with van der Waals surface area (Å²) >= 11 is 0. The molecule has 1 amide bonds. The molecule has 1 aromatic carbocycles. The summed E-state index contributed by atoms with van der Waals surface area (Å²) in [4.78, 5) is 21.7. The second-order valence-electron chi connectivity index (χ2n) is 5.00. The third-order valence-corrected chi connectivity index (χ3v) is 3.77. The first-order chi connectivity index (χ1) is 8.97. The molecule has 0 aromatic heterocycles. The summed E-state index contributed by atoms with van der Waals surface area (Å²) in [6.45, 7) is 2.71. The van der Waals surface area contributed by atoms with Gasteiger partial charge in [-0.25, -0.2) is 0 Å². The molecule has 1 aliphatic carbocycles. The third-order valence-electron chi connectivity index (χ3n) is 3.77. The molecule has 2 rings (SSSR count). The number of aromatic hydroxyl groups is 1. The van der Waals surface area contributed by atoms with Crippen molar-refractivity contribution >= 4 is 11.6 Å². The van der Waals surface area contributed by atoms with E-state index in [0.717, 1.165) is 31.4 Å². The number of carbonyl (C=O) groups excluding carboxylic acids is 1. The van der Waals surface area contributed by atoms with Crippen LogP contribution in [-0.2, 0) is 0 Å². The molecule has 0 bridgehead atoms. The lowest BCUT2D eigenvalue weighted by Crippen LogP contribution is -2.29. The smallest absolute Gasteiger partial charge is 0.310 e. The van der Waals surface area contributed by atoms with Crippen LogP contribution in [0.15, 0.2) is 18.2 Å². The van der Waals surface area contributed by atoms with Gasteiger partial charge in [-0.1, -0.05) is 6.92 Å². The predicted molar refractivity (Wildman–Crippen MR) is 69.1 cm³/mol. The molecule has 0 atom stereocenters. The molecule has 2 N–H and O–H groups in total. The SMILES string of the molecule is CCC1(CNC(=O)c2ccc([N+](=O)[O-])c(O)c2)CC1. The average molecular weight is 264 g/mol. The van der Waals surface area contributed by atoms with Gasteiger partial charge in [-0.15, -0.1) is 0 Å². The molecule has 1 aliphatic rings. The molecule has 0 heterocycles. The lowest BCUT2D eigenvalue weighted by atomic mass is 10.0. The highest BCUT2D eigenvalue weighted by Crippen LogP contribution is 2.47. The van der Waals surface area contributed by atoms with Crippen molar-refractivity contribution in [3.8, 4) is 5.75 Å². The number of carbonyl (C=O) groups is 1. The normalized spacial score (nSPS) is 15.8. The van der Waals surface area contributed by atoms with Gasteiger partial charge in [0.1, 0.15) is 0 Å². The van der Waals surface area contributed by atoms with Crippen LogP contribution in [-0.4, -0.2) is 22.5 Å². The molecule has 6 nitrogen and oxygen atoms in total. The van der Waals surface area contributed by atoms with Crippen molar-refractivity contribution in [2.75, 3.05) is 6.54 Å². The van der Waals surface area contributed by atoms with Crippen LogP contribution < -0.4 is 5.32 Å². The van der Waals surface area contributed by atoms with E-state index in [1.807, 2.05) is 0 Å². The maximum Gasteiger partial charge on any atom is 0.310 e. The fourth-order valence-electron chi connectivity index (χ4n) is 2.02. The highest BCUT2D eigenvalue weighted by molar-refractivity contribution is 5.95. The first-order valence-electron chi connectivity index (χ1n) is 6.23. The Morgan fingerprint density at radius 1 is 1.53 bits per heavy atom. The van der Waals surface area contributed by atoms with Crippen molar-refractivity contribution in [2.24, 2.45) is 5.41 Å². The number of hydrogen-bond acceptors (Lipinski definition) is 4. The van der Waals surface area contributed by atoms with Crippen LogP contribution >= 0.6 is 0 Å². The van der Waals surface area contributed by atoms with E-state index in [1.54, 1.807) is 0 Å². The number of nitro groups is 1. The number of rotatable bonds is 5. The lowest BCUT2D eigenvalue weighted by molar-refractivity contribution is -0.385. The monoisotopic (exact) mass is 264 g/mol. The average Bonchev–Trinajstić information content (AvgIpc) is 3.16. The minimum Gasteiger partial charge on any atom is -0.502 e. The Morgan fingerprint density at radius 2 is 2.21 bits per heavy atom. The van der Waals surface area contributed by atoms with E-state index in [4.69, 9.17) is 0 Å². The maximum absolute atomic E-state index is 11.9. The minimum absolute atomic E-state index is 0.231. The molecule has 6 heteroatoms. The van der Waals surface area contributed by atoms with Crippen LogP contribution in [0.5, 0.6) is 5.75 Å². The van der Waals surface area contributed by atoms with Crippen LogP contribution in [0.1, 0.15) is 36.5 Å². The number of benzene rings is 1. The van der Waals surface area contributed by atoms with Crippen LogP contribution in [0, 0.1) is 15.5 Å². The van der Waals surface area contributed by atoms with E-state index < -0.39 is 16.4 Å². The zero-order valence-electron chi connectivity index (χ0n) is 10.7. The van der Waals surface area contributed by atoms with E-state index in [-0.39, 0.29) is 16.9 Å². The van der Waals surface area contributed by atoms with Crippen LogP contribution in [0.25, 0.3) is 0 Å². The molecular weight excluding hydrogens is 248 g/mol.